The fourth-order valence-electron chi connectivity index (χ4n) is 3.23. The second-order valence-electron chi connectivity index (χ2n) is 6.48. The van der Waals surface area contributed by atoms with Crippen LogP contribution in [0.2, 0.25) is 0 Å². The van der Waals surface area contributed by atoms with Crippen LogP contribution < -0.4 is 0 Å². The van der Waals surface area contributed by atoms with Crippen LogP contribution in [0.25, 0.3) is 0 Å². The quantitative estimate of drug-likeness (QED) is 0.339. The Bertz CT molecular complexity index is 376. The molecule has 0 radical (unpaired) electrons. The van der Waals surface area contributed by atoms with E-state index in [0.717, 1.165) is 25.7 Å². The molecule has 23 heavy (non-hydrogen) atoms. The largest absolute Gasteiger partial charge is 0.481 e. The summed E-state index contributed by atoms with van der Waals surface area (Å²) >= 11 is 0. The van der Waals surface area contributed by atoms with Crippen LogP contribution >= 0.6 is 0 Å². The van der Waals surface area contributed by atoms with Crippen LogP contribution in [0.3, 0.4) is 0 Å². The zero-order valence-electron chi connectivity index (χ0n) is 14.5. The molecule has 0 aromatic rings. The van der Waals surface area contributed by atoms with E-state index in [4.69, 9.17) is 4.74 Å². The standard InChI is InChI=1S/C19H32O4/c1-2-3-4-5-6-7-8-9-12-15-23-19(22)17-14-11-10-13-16(17)18(20)21/h2-3,16-17H,4-15H2,1H3,(H,20,21)/b3-2+. The average molecular weight is 324 g/mol. The molecule has 1 aliphatic carbocycles. The van der Waals surface area contributed by atoms with Crippen molar-refractivity contribution in [2.75, 3.05) is 6.61 Å². The summed E-state index contributed by atoms with van der Waals surface area (Å²) in [5.41, 5.74) is 0. The number of carbonyl (C=O) groups is 2. The summed E-state index contributed by atoms with van der Waals surface area (Å²) < 4.78 is 5.31. The molecular weight excluding hydrogens is 292 g/mol. The van der Waals surface area contributed by atoms with Gasteiger partial charge in [-0.25, -0.2) is 0 Å². The molecule has 1 aliphatic rings. The maximum atomic E-state index is 12.1. The predicted molar refractivity (Wildman–Crippen MR) is 91.2 cm³/mol. The van der Waals surface area contributed by atoms with Gasteiger partial charge in [0.1, 0.15) is 0 Å². The molecule has 4 nitrogen and oxygen atoms in total. The molecule has 1 saturated carbocycles. The number of carboxylic acids is 1. The molecule has 1 rings (SSSR count). The fraction of sp³-hybridized carbons (Fsp3) is 0.789. The molecule has 2 atom stereocenters. The third-order valence-corrected chi connectivity index (χ3v) is 4.63. The van der Waals surface area contributed by atoms with Gasteiger partial charge < -0.3 is 9.84 Å². The van der Waals surface area contributed by atoms with Gasteiger partial charge in [-0.05, 0) is 39.0 Å². The molecule has 1 fully saturated rings. The predicted octanol–water partition coefficient (Wildman–Crippen LogP) is 4.73. The Labute approximate surface area is 140 Å². The molecule has 4 heteroatoms. The molecule has 132 valence electrons. The maximum Gasteiger partial charge on any atom is 0.309 e. The summed E-state index contributed by atoms with van der Waals surface area (Å²) in [5, 5.41) is 9.19. The van der Waals surface area contributed by atoms with Crippen LogP contribution in [0.15, 0.2) is 12.2 Å². The molecule has 0 spiro atoms. The molecule has 0 saturated heterocycles. The van der Waals surface area contributed by atoms with E-state index in [-0.39, 0.29) is 5.97 Å². The van der Waals surface area contributed by atoms with Crippen LogP contribution in [0.4, 0.5) is 0 Å². The van der Waals surface area contributed by atoms with Gasteiger partial charge in [-0.3, -0.25) is 9.59 Å². The van der Waals surface area contributed by atoms with Crippen LogP contribution in [0, 0.1) is 11.8 Å². The van der Waals surface area contributed by atoms with Crippen molar-refractivity contribution in [3.8, 4) is 0 Å². The first-order valence-electron chi connectivity index (χ1n) is 9.17. The zero-order chi connectivity index (χ0) is 16.9. The monoisotopic (exact) mass is 324 g/mol. The lowest BCUT2D eigenvalue weighted by Crippen LogP contribution is -2.33. The van der Waals surface area contributed by atoms with E-state index in [1.54, 1.807) is 0 Å². The van der Waals surface area contributed by atoms with E-state index in [1.807, 2.05) is 6.92 Å². The lowest BCUT2D eigenvalue weighted by Gasteiger charge is -2.26. The summed E-state index contributed by atoms with van der Waals surface area (Å²) in [6.07, 6.45) is 15.4. The van der Waals surface area contributed by atoms with Crippen molar-refractivity contribution >= 4 is 11.9 Å². The number of hydrogen-bond donors (Lipinski definition) is 1. The Morgan fingerprint density at radius 2 is 1.61 bits per heavy atom. The van der Waals surface area contributed by atoms with Gasteiger partial charge in [0, 0.05) is 0 Å². The van der Waals surface area contributed by atoms with Crippen LogP contribution in [0.1, 0.15) is 77.6 Å². The number of unbranched alkanes of at least 4 members (excludes halogenated alkanes) is 6. The Balaban J connectivity index is 2.06. The van der Waals surface area contributed by atoms with Crippen molar-refractivity contribution < 1.29 is 19.4 Å². The van der Waals surface area contributed by atoms with Crippen LogP contribution in [0.5, 0.6) is 0 Å². The highest BCUT2D eigenvalue weighted by Crippen LogP contribution is 2.31. The number of rotatable bonds is 11. The number of carbonyl (C=O) groups excluding carboxylic acids is 1. The minimum Gasteiger partial charge on any atom is -0.481 e. The topological polar surface area (TPSA) is 63.6 Å². The number of carboxylic acid groups (broad SMARTS) is 1. The number of esters is 1. The Morgan fingerprint density at radius 3 is 2.26 bits per heavy atom. The molecule has 1 N–H and O–H groups in total. The first-order valence-corrected chi connectivity index (χ1v) is 9.17. The highest BCUT2D eigenvalue weighted by molar-refractivity contribution is 5.81. The van der Waals surface area contributed by atoms with E-state index >= 15 is 0 Å². The molecule has 0 aliphatic heterocycles. The molecule has 0 amide bonds. The van der Waals surface area contributed by atoms with Crippen molar-refractivity contribution in [1.29, 1.82) is 0 Å². The van der Waals surface area contributed by atoms with E-state index < -0.39 is 17.8 Å². The Kier molecular flexibility index (Phi) is 10.4. The molecule has 2 unspecified atom stereocenters. The van der Waals surface area contributed by atoms with Gasteiger partial charge in [-0.2, -0.15) is 0 Å². The third kappa shape index (κ3) is 8.19. The van der Waals surface area contributed by atoms with Gasteiger partial charge in [0.15, 0.2) is 0 Å². The maximum absolute atomic E-state index is 12.1. The lowest BCUT2D eigenvalue weighted by molar-refractivity contribution is -0.159. The van der Waals surface area contributed by atoms with Crippen LogP contribution in [-0.2, 0) is 14.3 Å². The lowest BCUT2D eigenvalue weighted by atomic mass is 9.79. The first kappa shape index (κ1) is 19.7. The van der Waals surface area contributed by atoms with Gasteiger partial charge in [0.2, 0.25) is 0 Å². The molecule has 0 bridgehead atoms. The van der Waals surface area contributed by atoms with Crippen molar-refractivity contribution in [2.45, 2.75) is 77.6 Å². The molecule has 0 heterocycles. The summed E-state index contributed by atoms with van der Waals surface area (Å²) in [4.78, 5) is 23.3. The van der Waals surface area contributed by atoms with Crippen molar-refractivity contribution in [1.82, 2.24) is 0 Å². The molecule has 0 aromatic carbocycles. The first-order chi connectivity index (χ1) is 11.2. The summed E-state index contributed by atoms with van der Waals surface area (Å²) in [7, 11) is 0. The van der Waals surface area contributed by atoms with Gasteiger partial charge >= 0.3 is 11.9 Å². The summed E-state index contributed by atoms with van der Waals surface area (Å²) in [5.74, 6) is -2.14. The summed E-state index contributed by atoms with van der Waals surface area (Å²) in [6.45, 7) is 2.48. The zero-order valence-corrected chi connectivity index (χ0v) is 14.5. The van der Waals surface area contributed by atoms with Crippen molar-refractivity contribution in [3.63, 3.8) is 0 Å². The second-order valence-corrected chi connectivity index (χ2v) is 6.48. The van der Waals surface area contributed by atoms with Crippen molar-refractivity contribution in [2.24, 2.45) is 11.8 Å². The van der Waals surface area contributed by atoms with Gasteiger partial charge in [-0.1, -0.05) is 50.7 Å². The highest BCUT2D eigenvalue weighted by Gasteiger charge is 2.36. The van der Waals surface area contributed by atoms with E-state index in [1.165, 1.54) is 32.1 Å². The molecule has 0 aromatic heterocycles. The third-order valence-electron chi connectivity index (χ3n) is 4.63. The second kappa shape index (κ2) is 12.1. The number of ether oxygens (including phenoxy) is 1. The number of allylic oxidation sites excluding steroid dienone is 2. The van der Waals surface area contributed by atoms with E-state index in [9.17, 15) is 14.7 Å². The number of aliphatic carboxylic acids is 1. The minimum atomic E-state index is -0.857. The Morgan fingerprint density at radius 1 is 1.00 bits per heavy atom. The fourth-order valence-corrected chi connectivity index (χ4v) is 3.23. The van der Waals surface area contributed by atoms with Gasteiger partial charge in [0.25, 0.3) is 0 Å². The molecular formula is C19H32O4. The SMILES string of the molecule is C/C=C/CCCCCCCCOC(=O)C1CCCCC1C(=O)O. The van der Waals surface area contributed by atoms with Crippen LogP contribution in [-0.4, -0.2) is 23.7 Å². The van der Waals surface area contributed by atoms with Gasteiger partial charge in [-0.15, -0.1) is 0 Å². The normalized spacial score (nSPS) is 21.4. The van der Waals surface area contributed by atoms with Gasteiger partial charge in [0.05, 0.1) is 18.4 Å². The highest BCUT2D eigenvalue weighted by atomic mass is 16.5. The number of hydrogen-bond acceptors (Lipinski definition) is 3. The average Bonchev–Trinajstić information content (AvgIpc) is 2.56. The summed E-state index contributed by atoms with van der Waals surface area (Å²) in [6, 6.07) is 0. The van der Waals surface area contributed by atoms with E-state index in [0.29, 0.717) is 19.4 Å². The minimum absolute atomic E-state index is 0.302. The Hall–Kier alpha value is -1.32. The van der Waals surface area contributed by atoms with Crippen molar-refractivity contribution in [3.05, 3.63) is 12.2 Å². The smallest absolute Gasteiger partial charge is 0.309 e. The van der Waals surface area contributed by atoms with E-state index in [2.05, 4.69) is 12.2 Å².